The fourth-order valence-corrected chi connectivity index (χ4v) is 3.29. The number of hydrogen-bond acceptors (Lipinski definition) is 5. The number of benzene rings is 2. The zero-order valence-electron chi connectivity index (χ0n) is 19.8. The molecule has 5 heteroatoms. The second-order valence-corrected chi connectivity index (χ2v) is 10.2. The molecule has 0 fully saturated rings. The van der Waals surface area contributed by atoms with E-state index < -0.39 is 17.6 Å². The van der Waals surface area contributed by atoms with Crippen LogP contribution in [0.4, 0.5) is 0 Å². The van der Waals surface area contributed by atoms with Crippen molar-refractivity contribution in [3.63, 3.8) is 0 Å². The molecule has 0 saturated carbocycles. The molecule has 32 heavy (non-hydrogen) atoms. The monoisotopic (exact) mass is 431 g/mol. The maximum atomic E-state index is 12.1. The van der Waals surface area contributed by atoms with Crippen LogP contribution < -0.4 is 5.73 Å². The summed E-state index contributed by atoms with van der Waals surface area (Å²) in [5.74, 6) is 0.263. The molecule has 1 aromatic heterocycles. The second-order valence-electron chi connectivity index (χ2n) is 10.2. The van der Waals surface area contributed by atoms with Gasteiger partial charge in [-0.3, -0.25) is 4.79 Å². The lowest BCUT2D eigenvalue weighted by molar-refractivity contribution is -0.156. The molecule has 0 aliphatic heterocycles. The van der Waals surface area contributed by atoms with Crippen molar-refractivity contribution in [1.29, 1.82) is 0 Å². The minimum absolute atomic E-state index is 0.127. The first kappa shape index (κ1) is 23.6. The van der Waals surface area contributed by atoms with Gasteiger partial charge in [-0.1, -0.05) is 69.3 Å². The molecular formula is C27H33N3O2. The Morgan fingerprint density at radius 1 is 0.844 bits per heavy atom. The van der Waals surface area contributed by atoms with Crippen LogP contribution in [-0.2, 0) is 21.4 Å². The number of aromatic nitrogens is 2. The van der Waals surface area contributed by atoms with Gasteiger partial charge >= 0.3 is 5.97 Å². The van der Waals surface area contributed by atoms with E-state index in [1.54, 1.807) is 0 Å². The van der Waals surface area contributed by atoms with E-state index in [1.807, 2.05) is 57.4 Å². The zero-order chi connectivity index (χ0) is 23.5. The molecule has 0 bridgehead atoms. The number of carbonyl (C=O) groups excluding carboxylic acids is 1. The molecule has 168 valence electrons. The number of nitrogens with two attached hydrogens (primary N) is 1. The Hall–Kier alpha value is -3.05. The molecule has 1 atom stereocenters. The van der Waals surface area contributed by atoms with Crippen molar-refractivity contribution < 1.29 is 9.53 Å². The number of ether oxygens (including phenoxy) is 1. The van der Waals surface area contributed by atoms with Gasteiger partial charge in [-0.2, -0.15) is 0 Å². The van der Waals surface area contributed by atoms with Gasteiger partial charge in [-0.25, -0.2) is 9.97 Å². The van der Waals surface area contributed by atoms with Gasteiger partial charge in [-0.15, -0.1) is 0 Å². The third-order valence-corrected chi connectivity index (χ3v) is 5.11. The molecule has 0 saturated heterocycles. The van der Waals surface area contributed by atoms with Gasteiger partial charge < -0.3 is 10.5 Å². The molecule has 2 aromatic carbocycles. The van der Waals surface area contributed by atoms with Gasteiger partial charge in [0.15, 0.2) is 5.82 Å². The van der Waals surface area contributed by atoms with E-state index in [4.69, 9.17) is 10.5 Å². The highest BCUT2D eigenvalue weighted by atomic mass is 16.6. The molecule has 2 N–H and O–H groups in total. The molecule has 5 nitrogen and oxygen atoms in total. The lowest BCUT2D eigenvalue weighted by atomic mass is 9.86. The average Bonchev–Trinajstić information content (AvgIpc) is 2.73. The van der Waals surface area contributed by atoms with Crippen LogP contribution in [0, 0.1) is 0 Å². The van der Waals surface area contributed by atoms with E-state index in [0.717, 1.165) is 22.3 Å². The predicted molar refractivity (Wildman–Crippen MR) is 129 cm³/mol. The minimum atomic E-state index is -0.694. The number of rotatable bonds is 5. The Balaban J connectivity index is 1.67. The second kappa shape index (κ2) is 9.21. The third-order valence-electron chi connectivity index (χ3n) is 5.11. The standard InChI is InChI=1S/C27H33N3O2/c1-26(2,3)22-13-11-19(12-14-22)21-16-29-24(30-17-21)20-9-7-18(8-10-20)15-23(28)25(31)32-27(4,5)6/h7-14,16-17,23H,15,28H2,1-6H3. The summed E-state index contributed by atoms with van der Waals surface area (Å²) in [6, 6.07) is 15.6. The first-order chi connectivity index (χ1) is 14.9. The predicted octanol–water partition coefficient (Wildman–Crippen LogP) is 5.32. The number of esters is 1. The Kier molecular flexibility index (Phi) is 6.79. The van der Waals surface area contributed by atoms with Crippen LogP contribution >= 0.6 is 0 Å². The quantitative estimate of drug-likeness (QED) is 0.553. The topological polar surface area (TPSA) is 78.1 Å². The van der Waals surface area contributed by atoms with E-state index in [2.05, 4.69) is 55.0 Å². The van der Waals surface area contributed by atoms with E-state index in [1.165, 1.54) is 5.56 Å². The molecule has 0 spiro atoms. The summed E-state index contributed by atoms with van der Waals surface area (Å²) >= 11 is 0. The maximum Gasteiger partial charge on any atom is 0.323 e. The van der Waals surface area contributed by atoms with Gasteiger partial charge in [0.05, 0.1) is 0 Å². The third kappa shape index (κ3) is 6.24. The summed E-state index contributed by atoms with van der Waals surface area (Å²) in [6.07, 6.45) is 4.11. The molecule has 1 heterocycles. The molecule has 0 amide bonds. The fourth-order valence-electron chi connectivity index (χ4n) is 3.29. The van der Waals surface area contributed by atoms with Crippen LogP contribution in [0.15, 0.2) is 60.9 Å². The Labute approximate surface area is 191 Å². The zero-order valence-corrected chi connectivity index (χ0v) is 19.8. The number of carbonyl (C=O) groups is 1. The molecule has 1 unspecified atom stereocenters. The summed E-state index contributed by atoms with van der Waals surface area (Å²) in [6.45, 7) is 12.1. The summed E-state index contributed by atoms with van der Waals surface area (Å²) in [7, 11) is 0. The maximum absolute atomic E-state index is 12.1. The van der Waals surface area contributed by atoms with Crippen molar-refractivity contribution in [1.82, 2.24) is 9.97 Å². The molecule has 0 aliphatic carbocycles. The largest absolute Gasteiger partial charge is 0.459 e. The smallest absolute Gasteiger partial charge is 0.323 e. The fraction of sp³-hybridized carbons (Fsp3) is 0.370. The van der Waals surface area contributed by atoms with Gasteiger partial charge in [0.2, 0.25) is 0 Å². The highest BCUT2D eigenvalue weighted by molar-refractivity contribution is 5.76. The van der Waals surface area contributed by atoms with Crippen molar-refractivity contribution in [2.75, 3.05) is 0 Å². The van der Waals surface area contributed by atoms with Crippen molar-refractivity contribution in [3.8, 4) is 22.5 Å². The Morgan fingerprint density at radius 3 is 1.88 bits per heavy atom. The van der Waals surface area contributed by atoms with Crippen molar-refractivity contribution in [2.45, 2.75) is 65.0 Å². The molecule has 3 aromatic rings. The van der Waals surface area contributed by atoms with Crippen LogP contribution in [0.25, 0.3) is 22.5 Å². The Morgan fingerprint density at radius 2 is 1.38 bits per heavy atom. The normalized spacial score (nSPS) is 13.0. The van der Waals surface area contributed by atoms with E-state index in [9.17, 15) is 4.79 Å². The lowest BCUT2D eigenvalue weighted by Gasteiger charge is -2.22. The average molecular weight is 432 g/mol. The first-order valence-corrected chi connectivity index (χ1v) is 10.9. The van der Waals surface area contributed by atoms with Crippen molar-refractivity contribution >= 4 is 5.97 Å². The van der Waals surface area contributed by atoms with Gasteiger partial charge in [0.1, 0.15) is 11.6 Å². The van der Waals surface area contributed by atoms with Crippen LogP contribution in [0.1, 0.15) is 52.7 Å². The molecule has 0 aliphatic rings. The molecular weight excluding hydrogens is 398 g/mol. The highest BCUT2D eigenvalue weighted by Crippen LogP contribution is 2.26. The van der Waals surface area contributed by atoms with Crippen LogP contribution in [0.5, 0.6) is 0 Å². The van der Waals surface area contributed by atoms with Crippen molar-refractivity contribution in [2.24, 2.45) is 5.73 Å². The van der Waals surface area contributed by atoms with Crippen LogP contribution in [0.3, 0.4) is 0 Å². The summed E-state index contributed by atoms with van der Waals surface area (Å²) in [5, 5.41) is 0. The summed E-state index contributed by atoms with van der Waals surface area (Å²) in [5.41, 5.74) is 10.8. The number of nitrogens with zero attached hydrogens (tertiary/aromatic N) is 2. The SMILES string of the molecule is CC(C)(C)OC(=O)C(N)Cc1ccc(-c2ncc(-c3ccc(C(C)(C)C)cc3)cn2)cc1. The van der Waals surface area contributed by atoms with E-state index in [-0.39, 0.29) is 5.41 Å². The van der Waals surface area contributed by atoms with Gasteiger partial charge in [0.25, 0.3) is 0 Å². The molecule has 0 radical (unpaired) electrons. The Bertz CT molecular complexity index is 1040. The first-order valence-electron chi connectivity index (χ1n) is 10.9. The van der Waals surface area contributed by atoms with Crippen LogP contribution in [0.2, 0.25) is 0 Å². The highest BCUT2D eigenvalue weighted by Gasteiger charge is 2.22. The van der Waals surface area contributed by atoms with E-state index in [0.29, 0.717) is 12.2 Å². The molecule has 3 rings (SSSR count). The lowest BCUT2D eigenvalue weighted by Crippen LogP contribution is -2.38. The van der Waals surface area contributed by atoms with Gasteiger partial charge in [-0.05, 0) is 49.3 Å². The van der Waals surface area contributed by atoms with Crippen molar-refractivity contribution in [3.05, 3.63) is 72.1 Å². The summed E-state index contributed by atoms with van der Waals surface area (Å²) in [4.78, 5) is 21.2. The van der Waals surface area contributed by atoms with E-state index >= 15 is 0 Å². The van der Waals surface area contributed by atoms with Crippen LogP contribution in [-0.4, -0.2) is 27.6 Å². The number of hydrogen-bond donors (Lipinski definition) is 1. The summed E-state index contributed by atoms with van der Waals surface area (Å²) < 4.78 is 5.35. The minimum Gasteiger partial charge on any atom is -0.459 e. The van der Waals surface area contributed by atoms with Gasteiger partial charge in [0, 0.05) is 23.5 Å².